The van der Waals surface area contributed by atoms with Gasteiger partial charge in [-0.2, -0.15) is 0 Å². The average Bonchev–Trinajstić information content (AvgIpc) is 2.79. The topological polar surface area (TPSA) is 26.3 Å². The fraction of sp³-hybridized carbons (Fsp3) is 0.964. The van der Waals surface area contributed by atoms with E-state index in [-0.39, 0.29) is 16.8 Å². The second kappa shape index (κ2) is 19.4. The molecular formula is C28H57O2P. The normalized spacial score (nSPS) is 12.3. The third-order valence-electron chi connectivity index (χ3n) is 7.70. The van der Waals surface area contributed by atoms with Crippen molar-refractivity contribution in [2.45, 2.75) is 163 Å². The molecule has 0 aromatic heterocycles. The van der Waals surface area contributed by atoms with Crippen LogP contribution < -0.4 is 0 Å². The number of carbonyl (C=O) groups is 1. The second-order valence-corrected chi connectivity index (χ2v) is 10.3. The smallest absolute Gasteiger partial charge is 0.314 e. The van der Waals surface area contributed by atoms with Gasteiger partial charge in [0.1, 0.15) is 0 Å². The van der Waals surface area contributed by atoms with Gasteiger partial charge in [-0.05, 0) is 37.5 Å². The number of unbranched alkanes of at least 4 members (excludes halogenated alkanes) is 10. The summed E-state index contributed by atoms with van der Waals surface area (Å²) in [6.07, 6.45) is 24.4. The third kappa shape index (κ3) is 10.6. The molecule has 1 atom stereocenters. The van der Waals surface area contributed by atoms with Crippen molar-refractivity contribution >= 4 is 15.4 Å². The Bertz CT molecular complexity index is 405. The maximum Gasteiger partial charge on any atom is 0.314 e. The third-order valence-corrected chi connectivity index (χ3v) is 7.92. The Morgan fingerprint density at radius 2 is 0.903 bits per heavy atom. The number of carbonyl (C=O) groups excluding carboxylic acids is 1. The summed E-state index contributed by atoms with van der Waals surface area (Å²) >= 11 is 0. The summed E-state index contributed by atoms with van der Waals surface area (Å²) in [6, 6.07) is 0. The molecule has 31 heavy (non-hydrogen) atoms. The molecule has 0 saturated carbocycles. The van der Waals surface area contributed by atoms with E-state index in [4.69, 9.17) is 4.52 Å². The van der Waals surface area contributed by atoms with E-state index in [1.165, 1.54) is 89.9 Å². The van der Waals surface area contributed by atoms with Crippen LogP contribution in [0.25, 0.3) is 0 Å². The molecule has 0 aromatic rings. The minimum atomic E-state index is -0.312. The van der Waals surface area contributed by atoms with Crippen molar-refractivity contribution in [1.82, 2.24) is 0 Å². The molecule has 2 nitrogen and oxygen atoms in total. The summed E-state index contributed by atoms with van der Waals surface area (Å²) in [5, 5.41) is 0. The lowest BCUT2D eigenvalue weighted by atomic mass is 9.53. The maximum atomic E-state index is 13.6. The zero-order valence-corrected chi connectivity index (χ0v) is 23.2. The summed E-state index contributed by atoms with van der Waals surface area (Å²) < 4.78 is 5.53. The molecule has 1 unspecified atom stereocenters. The molecule has 0 heterocycles. The first kappa shape index (κ1) is 30.9. The van der Waals surface area contributed by atoms with E-state index in [0.717, 1.165) is 38.5 Å². The van der Waals surface area contributed by atoms with Gasteiger partial charge in [-0.25, -0.2) is 0 Å². The lowest BCUT2D eigenvalue weighted by molar-refractivity contribution is -0.159. The van der Waals surface area contributed by atoms with E-state index in [9.17, 15) is 4.79 Å². The van der Waals surface area contributed by atoms with Crippen molar-refractivity contribution in [1.29, 1.82) is 0 Å². The van der Waals surface area contributed by atoms with Gasteiger partial charge < -0.3 is 4.52 Å². The molecule has 0 aromatic carbocycles. The molecule has 0 aliphatic rings. The van der Waals surface area contributed by atoms with Crippen LogP contribution in [0.3, 0.4) is 0 Å². The van der Waals surface area contributed by atoms with Gasteiger partial charge in [-0.1, -0.05) is 131 Å². The van der Waals surface area contributed by atoms with Crippen molar-refractivity contribution in [2.75, 3.05) is 0 Å². The van der Waals surface area contributed by atoms with E-state index >= 15 is 0 Å². The van der Waals surface area contributed by atoms with Gasteiger partial charge in [0.15, 0.2) is 0 Å². The zero-order chi connectivity index (χ0) is 23.4. The van der Waals surface area contributed by atoms with Gasteiger partial charge in [0.25, 0.3) is 0 Å². The van der Waals surface area contributed by atoms with Crippen LogP contribution in [0.2, 0.25) is 0 Å². The van der Waals surface area contributed by atoms with Gasteiger partial charge in [0, 0.05) is 0 Å². The Kier molecular flexibility index (Phi) is 19.3. The van der Waals surface area contributed by atoms with Crippen molar-refractivity contribution in [3.63, 3.8) is 0 Å². The van der Waals surface area contributed by atoms with E-state index in [1.54, 1.807) is 0 Å². The van der Waals surface area contributed by atoms with Crippen LogP contribution in [0.1, 0.15) is 163 Å². The van der Waals surface area contributed by atoms with Gasteiger partial charge in [0.05, 0.1) is 14.9 Å². The Balaban J connectivity index is 5.87. The molecular weight excluding hydrogens is 399 g/mol. The zero-order valence-electron chi connectivity index (χ0n) is 22.0. The van der Waals surface area contributed by atoms with Gasteiger partial charge in [-0.15, -0.1) is 0 Å². The van der Waals surface area contributed by atoms with Crippen LogP contribution in [0.5, 0.6) is 0 Å². The Morgan fingerprint density at radius 1 is 0.548 bits per heavy atom. The predicted octanol–water partition coefficient (Wildman–Crippen LogP) is 10.2. The largest absolute Gasteiger partial charge is 0.451 e. The summed E-state index contributed by atoms with van der Waals surface area (Å²) in [5.74, 6) is 0.0644. The highest BCUT2D eigenvalue weighted by Gasteiger charge is 2.54. The first-order valence-corrected chi connectivity index (χ1v) is 14.4. The number of rotatable bonds is 22. The first-order valence-electron chi connectivity index (χ1n) is 13.9. The molecule has 0 radical (unpaired) electrons. The van der Waals surface area contributed by atoms with E-state index < -0.39 is 0 Å². The fourth-order valence-corrected chi connectivity index (χ4v) is 5.92. The standard InChI is InChI=1S/C28H57O2P/c1-6-11-16-17-18-19-20-23-27(21-12-7-2,22-13-8-3)28(24-14-9-4,25-15-10-5)26(29)30-31/h6-25,31H2,1-5H3. The van der Waals surface area contributed by atoms with Gasteiger partial charge in [0.2, 0.25) is 0 Å². The van der Waals surface area contributed by atoms with Crippen LogP contribution in [-0.4, -0.2) is 5.97 Å². The van der Waals surface area contributed by atoms with Gasteiger partial charge in [-0.3, -0.25) is 4.79 Å². The van der Waals surface area contributed by atoms with Crippen LogP contribution in [-0.2, 0) is 9.32 Å². The van der Waals surface area contributed by atoms with Crippen molar-refractivity contribution in [3.8, 4) is 0 Å². The maximum absolute atomic E-state index is 13.6. The van der Waals surface area contributed by atoms with Crippen LogP contribution >= 0.6 is 9.47 Å². The summed E-state index contributed by atoms with van der Waals surface area (Å²) in [7, 11) is 2.30. The highest BCUT2D eigenvalue weighted by Crippen LogP contribution is 2.57. The SMILES string of the molecule is CCCCCCCCCC(CCCC)(CCCC)C(CCCC)(CCCC)C(=O)OP. The molecule has 0 amide bonds. The molecule has 0 rings (SSSR count). The first-order chi connectivity index (χ1) is 15.0. The molecule has 0 spiro atoms. The van der Waals surface area contributed by atoms with Crippen molar-refractivity contribution in [3.05, 3.63) is 0 Å². The molecule has 0 fully saturated rings. The highest BCUT2D eigenvalue weighted by atomic mass is 31.0. The molecule has 0 aliphatic heterocycles. The quantitative estimate of drug-likeness (QED) is 0.120. The van der Waals surface area contributed by atoms with Crippen LogP contribution in [0, 0.1) is 10.8 Å². The molecule has 186 valence electrons. The fourth-order valence-electron chi connectivity index (χ4n) is 5.69. The van der Waals surface area contributed by atoms with Crippen molar-refractivity contribution < 1.29 is 9.32 Å². The average molecular weight is 457 g/mol. The molecule has 0 aliphatic carbocycles. The van der Waals surface area contributed by atoms with E-state index in [2.05, 4.69) is 44.1 Å². The number of hydrogen-bond acceptors (Lipinski definition) is 2. The summed E-state index contributed by atoms with van der Waals surface area (Å²) in [4.78, 5) is 13.6. The monoisotopic (exact) mass is 456 g/mol. The lowest BCUT2D eigenvalue weighted by Crippen LogP contribution is -2.48. The lowest BCUT2D eigenvalue weighted by Gasteiger charge is -2.50. The predicted molar refractivity (Wildman–Crippen MR) is 141 cm³/mol. The molecule has 0 N–H and O–H groups in total. The van der Waals surface area contributed by atoms with E-state index in [1.807, 2.05) is 0 Å². The van der Waals surface area contributed by atoms with E-state index in [0.29, 0.717) is 0 Å². The molecule has 3 heteroatoms. The minimum Gasteiger partial charge on any atom is -0.451 e. The molecule has 0 saturated heterocycles. The van der Waals surface area contributed by atoms with Crippen LogP contribution in [0.4, 0.5) is 0 Å². The minimum absolute atomic E-state index is 0.0644. The second-order valence-electron chi connectivity index (χ2n) is 10.1. The Morgan fingerprint density at radius 3 is 1.32 bits per heavy atom. The Labute approximate surface area is 198 Å². The Hall–Kier alpha value is -0.100. The highest BCUT2D eigenvalue weighted by molar-refractivity contribution is 7.10. The molecule has 0 bridgehead atoms. The summed E-state index contributed by atoms with van der Waals surface area (Å²) in [5.41, 5.74) is -0.215. The van der Waals surface area contributed by atoms with Gasteiger partial charge >= 0.3 is 5.97 Å². The number of hydrogen-bond donors (Lipinski definition) is 0. The van der Waals surface area contributed by atoms with Crippen molar-refractivity contribution in [2.24, 2.45) is 10.8 Å². The summed E-state index contributed by atoms with van der Waals surface area (Å²) in [6.45, 7) is 11.4. The van der Waals surface area contributed by atoms with Crippen LogP contribution in [0.15, 0.2) is 0 Å².